The van der Waals surface area contributed by atoms with Crippen molar-refractivity contribution in [3.8, 4) is 22.8 Å². The molecule has 2 N–H and O–H groups in total. The summed E-state index contributed by atoms with van der Waals surface area (Å²) in [4.78, 5) is 17.5. The number of aromatic nitrogens is 2. The van der Waals surface area contributed by atoms with Crippen LogP contribution in [0.3, 0.4) is 0 Å². The smallest absolute Gasteiger partial charge is 0.256 e. The fraction of sp³-hybridized carbons (Fsp3) is 0.304. The van der Waals surface area contributed by atoms with Crippen molar-refractivity contribution in [3.63, 3.8) is 0 Å². The van der Waals surface area contributed by atoms with E-state index >= 15 is 0 Å². The largest absolute Gasteiger partial charge is 0.454 e. The molecule has 5 rings (SSSR count). The van der Waals surface area contributed by atoms with Crippen LogP contribution >= 0.6 is 0 Å². The van der Waals surface area contributed by atoms with Gasteiger partial charge >= 0.3 is 0 Å². The average molecular weight is 419 g/mol. The van der Waals surface area contributed by atoms with E-state index in [0.29, 0.717) is 17.1 Å². The van der Waals surface area contributed by atoms with Crippen LogP contribution in [-0.4, -0.2) is 60.5 Å². The molecular formula is C23H25N5O3. The summed E-state index contributed by atoms with van der Waals surface area (Å²) in [6.45, 7) is 7.69. The fourth-order valence-corrected chi connectivity index (χ4v) is 3.93. The van der Waals surface area contributed by atoms with Crippen LogP contribution in [0.5, 0.6) is 11.5 Å². The summed E-state index contributed by atoms with van der Waals surface area (Å²) in [5.74, 6) is 1.71. The highest BCUT2D eigenvalue weighted by Gasteiger charge is 2.17. The Bertz CT molecular complexity index is 1070. The highest BCUT2D eigenvalue weighted by Crippen LogP contribution is 2.35. The number of likely N-dealkylation sites (N-methyl/N-ethyl adjacent to an activating group) is 1. The molecule has 3 heterocycles. The van der Waals surface area contributed by atoms with Gasteiger partial charge in [-0.05, 0) is 49.0 Å². The number of hydrogen-bond acceptors (Lipinski definition) is 6. The standard InChI is InChI=1S/C23H25N5O3/c1-2-27-9-11-28(12-10-27)18-6-3-16(4-7-18)23(29)24-22-14-19(25-26-22)17-5-8-20-21(13-17)31-15-30-20/h3-8,13-14H,2,9-12,15H2,1H3,(H2,24,25,26,29). The van der Waals surface area contributed by atoms with E-state index in [-0.39, 0.29) is 12.7 Å². The first-order chi connectivity index (χ1) is 15.2. The highest BCUT2D eigenvalue weighted by atomic mass is 16.7. The average Bonchev–Trinajstić information content (AvgIpc) is 3.48. The molecule has 1 fully saturated rings. The molecule has 0 bridgehead atoms. The summed E-state index contributed by atoms with van der Waals surface area (Å²) in [6, 6.07) is 15.2. The van der Waals surface area contributed by atoms with Gasteiger partial charge < -0.3 is 24.6 Å². The van der Waals surface area contributed by atoms with E-state index in [0.717, 1.165) is 55.4 Å². The molecule has 0 unspecified atom stereocenters. The van der Waals surface area contributed by atoms with Crippen LogP contribution in [0.4, 0.5) is 11.5 Å². The number of fused-ring (bicyclic) bond motifs is 1. The number of rotatable bonds is 5. The summed E-state index contributed by atoms with van der Waals surface area (Å²) in [5.41, 5.74) is 3.45. The van der Waals surface area contributed by atoms with Crippen molar-refractivity contribution in [2.45, 2.75) is 6.92 Å². The van der Waals surface area contributed by atoms with E-state index in [2.05, 4.69) is 32.2 Å². The minimum absolute atomic E-state index is 0.189. The maximum Gasteiger partial charge on any atom is 0.256 e. The minimum atomic E-state index is -0.189. The van der Waals surface area contributed by atoms with Crippen LogP contribution in [0.1, 0.15) is 17.3 Å². The van der Waals surface area contributed by atoms with Crippen LogP contribution in [0.2, 0.25) is 0 Å². The maximum absolute atomic E-state index is 12.7. The molecule has 3 aromatic rings. The second-order valence-electron chi connectivity index (χ2n) is 7.66. The molecule has 160 valence electrons. The molecule has 0 radical (unpaired) electrons. The predicted octanol–water partition coefficient (Wildman–Crippen LogP) is 3.20. The third kappa shape index (κ3) is 4.06. The predicted molar refractivity (Wildman–Crippen MR) is 119 cm³/mol. The lowest BCUT2D eigenvalue weighted by Crippen LogP contribution is -2.46. The van der Waals surface area contributed by atoms with E-state index < -0.39 is 0 Å². The Balaban J connectivity index is 1.23. The highest BCUT2D eigenvalue weighted by molar-refractivity contribution is 6.04. The number of aromatic amines is 1. The number of hydrogen-bond donors (Lipinski definition) is 2. The number of piperazine rings is 1. The second-order valence-corrected chi connectivity index (χ2v) is 7.66. The van der Waals surface area contributed by atoms with Crippen molar-refractivity contribution < 1.29 is 14.3 Å². The number of amides is 1. The Morgan fingerprint density at radius 1 is 1.03 bits per heavy atom. The number of carbonyl (C=O) groups excluding carboxylic acids is 1. The Hall–Kier alpha value is -3.52. The van der Waals surface area contributed by atoms with Gasteiger partial charge in [-0.15, -0.1) is 0 Å². The number of ether oxygens (including phenoxy) is 2. The lowest BCUT2D eigenvalue weighted by molar-refractivity contribution is 0.102. The summed E-state index contributed by atoms with van der Waals surface area (Å²) in [5, 5.41) is 10.0. The molecule has 2 aliphatic heterocycles. The second kappa shape index (κ2) is 8.31. The molecular weight excluding hydrogens is 394 g/mol. The lowest BCUT2D eigenvalue weighted by Gasteiger charge is -2.35. The molecule has 0 saturated carbocycles. The molecule has 2 aromatic carbocycles. The Morgan fingerprint density at radius 3 is 2.58 bits per heavy atom. The number of nitrogens with one attached hydrogen (secondary N) is 2. The van der Waals surface area contributed by atoms with Crippen LogP contribution < -0.4 is 19.7 Å². The van der Waals surface area contributed by atoms with E-state index in [1.165, 1.54) is 0 Å². The molecule has 0 spiro atoms. The van der Waals surface area contributed by atoms with Gasteiger partial charge in [0.2, 0.25) is 6.79 Å². The molecule has 8 heteroatoms. The summed E-state index contributed by atoms with van der Waals surface area (Å²) < 4.78 is 10.8. The third-order valence-corrected chi connectivity index (χ3v) is 5.82. The van der Waals surface area contributed by atoms with Gasteiger partial charge in [-0.1, -0.05) is 6.92 Å². The van der Waals surface area contributed by atoms with Gasteiger partial charge in [-0.25, -0.2) is 0 Å². The van der Waals surface area contributed by atoms with Crippen molar-refractivity contribution >= 4 is 17.4 Å². The van der Waals surface area contributed by atoms with Crippen LogP contribution in [-0.2, 0) is 0 Å². The van der Waals surface area contributed by atoms with Crippen molar-refractivity contribution in [2.75, 3.05) is 49.7 Å². The topological polar surface area (TPSA) is 82.7 Å². The van der Waals surface area contributed by atoms with Crippen molar-refractivity contribution in [1.29, 1.82) is 0 Å². The number of nitrogens with zero attached hydrogens (tertiary/aromatic N) is 3. The Kier molecular flexibility index (Phi) is 5.21. The zero-order valence-electron chi connectivity index (χ0n) is 17.4. The zero-order chi connectivity index (χ0) is 21.2. The van der Waals surface area contributed by atoms with Crippen molar-refractivity contribution in [3.05, 3.63) is 54.1 Å². The third-order valence-electron chi connectivity index (χ3n) is 5.82. The lowest BCUT2D eigenvalue weighted by atomic mass is 10.1. The molecule has 2 aliphatic rings. The number of carbonyl (C=O) groups is 1. The summed E-state index contributed by atoms with van der Waals surface area (Å²) in [6.07, 6.45) is 0. The van der Waals surface area contributed by atoms with Crippen LogP contribution in [0.15, 0.2) is 48.5 Å². The minimum Gasteiger partial charge on any atom is -0.454 e. The SMILES string of the molecule is CCN1CCN(c2ccc(C(=O)Nc3cc(-c4ccc5c(c4)OCO5)[nH]n3)cc2)CC1. The van der Waals surface area contributed by atoms with Gasteiger partial charge in [0, 0.05) is 49.1 Å². The molecule has 1 saturated heterocycles. The molecule has 1 amide bonds. The van der Waals surface area contributed by atoms with Crippen LogP contribution in [0.25, 0.3) is 11.3 Å². The Morgan fingerprint density at radius 2 is 1.81 bits per heavy atom. The van der Waals surface area contributed by atoms with Gasteiger partial charge in [-0.3, -0.25) is 9.89 Å². The molecule has 0 atom stereocenters. The van der Waals surface area contributed by atoms with Crippen LogP contribution in [0, 0.1) is 0 Å². The summed E-state index contributed by atoms with van der Waals surface area (Å²) in [7, 11) is 0. The van der Waals surface area contributed by atoms with E-state index in [4.69, 9.17) is 9.47 Å². The van der Waals surface area contributed by atoms with Gasteiger partial charge in [0.1, 0.15) is 0 Å². The zero-order valence-corrected chi connectivity index (χ0v) is 17.4. The van der Waals surface area contributed by atoms with E-state index in [1.54, 1.807) is 6.07 Å². The number of H-pyrrole nitrogens is 1. The van der Waals surface area contributed by atoms with Gasteiger partial charge in [-0.2, -0.15) is 5.10 Å². The maximum atomic E-state index is 12.7. The Labute approximate surface area is 180 Å². The van der Waals surface area contributed by atoms with E-state index in [1.807, 2.05) is 42.5 Å². The molecule has 0 aliphatic carbocycles. The normalized spacial score (nSPS) is 15.8. The first-order valence-corrected chi connectivity index (χ1v) is 10.5. The molecule has 1 aromatic heterocycles. The fourth-order valence-electron chi connectivity index (χ4n) is 3.93. The number of anilines is 2. The van der Waals surface area contributed by atoms with Crippen molar-refractivity contribution in [1.82, 2.24) is 15.1 Å². The van der Waals surface area contributed by atoms with Gasteiger partial charge in [0.15, 0.2) is 17.3 Å². The van der Waals surface area contributed by atoms with Gasteiger partial charge in [0.05, 0.1) is 5.69 Å². The first-order valence-electron chi connectivity index (χ1n) is 10.5. The van der Waals surface area contributed by atoms with E-state index in [9.17, 15) is 4.79 Å². The molecule has 8 nitrogen and oxygen atoms in total. The summed E-state index contributed by atoms with van der Waals surface area (Å²) >= 11 is 0. The molecule has 31 heavy (non-hydrogen) atoms. The first kappa shape index (κ1) is 19.4. The van der Waals surface area contributed by atoms with Crippen molar-refractivity contribution in [2.24, 2.45) is 0 Å². The monoisotopic (exact) mass is 419 g/mol. The number of benzene rings is 2. The quantitative estimate of drug-likeness (QED) is 0.661. The van der Waals surface area contributed by atoms with Gasteiger partial charge in [0.25, 0.3) is 5.91 Å².